The van der Waals surface area contributed by atoms with Gasteiger partial charge in [0.05, 0.1) is 0 Å². The smallest absolute Gasteiger partial charge is 0.208 e. The van der Waals surface area contributed by atoms with Crippen molar-refractivity contribution in [2.45, 2.75) is 18.8 Å². The van der Waals surface area contributed by atoms with Crippen LogP contribution >= 0.6 is 11.3 Å². The molecular formula is C15H18N4OS. The topological polar surface area (TPSA) is 52.5 Å². The molecule has 2 heterocycles. The van der Waals surface area contributed by atoms with Crippen molar-refractivity contribution in [3.05, 3.63) is 29.3 Å². The monoisotopic (exact) mass is 302 g/mol. The summed E-state index contributed by atoms with van der Waals surface area (Å²) in [5, 5.41) is 20.3. The van der Waals surface area contributed by atoms with E-state index in [-0.39, 0.29) is 0 Å². The second-order valence-electron chi connectivity index (χ2n) is 5.69. The normalized spacial score (nSPS) is 19.0. The molecule has 4 rings (SSSR count). The van der Waals surface area contributed by atoms with E-state index >= 15 is 0 Å². The van der Waals surface area contributed by atoms with E-state index in [9.17, 15) is 5.11 Å². The predicted octanol–water partition coefficient (Wildman–Crippen LogP) is 2.45. The first kappa shape index (κ1) is 12.9. The lowest BCUT2D eigenvalue weighted by molar-refractivity contribution is 0.475. The highest BCUT2D eigenvalue weighted by Gasteiger charge is 2.29. The highest BCUT2D eigenvalue weighted by molar-refractivity contribution is 7.15. The van der Waals surface area contributed by atoms with Crippen molar-refractivity contribution < 1.29 is 5.11 Å². The quantitative estimate of drug-likeness (QED) is 0.944. The van der Waals surface area contributed by atoms with Crippen LogP contribution in [0.2, 0.25) is 0 Å². The van der Waals surface area contributed by atoms with E-state index in [0.29, 0.717) is 11.7 Å². The highest BCUT2D eigenvalue weighted by Crippen LogP contribution is 2.42. The summed E-state index contributed by atoms with van der Waals surface area (Å²) in [6, 6.07) is 7.44. The van der Waals surface area contributed by atoms with E-state index in [1.165, 1.54) is 23.5 Å². The van der Waals surface area contributed by atoms with Gasteiger partial charge in [-0.2, -0.15) is 0 Å². The van der Waals surface area contributed by atoms with Gasteiger partial charge in [0.1, 0.15) is 10.8 Å². The van der Waals surface area contributed by atoms with Crippen molar-refractivity contribution in [3.63, 3.8) is 0 Å². The van der Waals surface area contributed by atoms with E-state index in [4.69, 9.17) is 0 Å². The third-order valence-corrected chi connectivity index (χ3v) is 5.27. The molecule has 1 aromatic heterocycles. The molecule has 1 aliphatic carbocycles. The molecule has 110 valence electrons. The Labute approximate surface area is 127 Å². The van der Waals surface area contributed by atoms with Gasteiger partial charge in [0.2, 0.25) is 5.13 Å². The van der Waals surface area contributed by atoms with Crippen LogP contribution in [0, 0.1) is 0 Å². The number of anilines is 2. The predicted molar refractivity (Wildman–Crippen MR) is 84.4 cm³/mol. The van der Waals surface area contributed by atoms with Crippen LogP contribution in [-0.4, -0.2) is 41.5 Å². The van der Waals surface area contributed by atoms with Crippen LogP contribution in [0.3, 0.4) is 0 Å². The molecule has 0 atom stereocenters. The maximum atomic E-state index is 9.36. The van der Waals surface area contributed by atoms with Gasteiger partial charge >= 0.3 is 0 Å². The largest absolute Gasteiger partial charge is 0.508 e. The molecule has 21 heavy (non-hydrogen) atoms. The number of hydrogen-bond donors (Lipinski definition) is 1. The summed E-state index contributed by atoms with van der Waals surface area (Å²) in [6.07, 6.45) is 2.56. The lowest BCUT2D eigenvalue weighted by atomic mass is 10.2. The summed E-state index contributed by atoms with van der Waals surface area (Å²) in [7, 11) is 0. The van der Waals surface area contributed by atoms with Crippen LogP contribution in [0.15, 0.2) is 24.3 Å². The van der Waals surface area contributed by atoms with Gasteiger partial charge in [-0.1, -0.05) is 11.3 Å². The molecule has 6 heteroatoms. The summed E-state index contributed by atoms with van der Waals surface area (Å²) in [5.41, 5.74) is 1.17. The van der Waals surface area contributed by atoms with Crippen LogP contribution < -0.4 is 9.80 Å². The summed E-state index contributed by atoms with van der Waals surface area (Å²) >= 11 is 1.76. The molecule has 0 bridgehead atoms. The lowest BCUT2D eigenvalue weighted by Crippen LogP contribution is -2.46. The second kappa shape index (κ2) is 5.18. The summed E-state index contributed by atoms with van der Waals surface area (Å²) in [6.45, 7) is 3.90. The van der Waals surface area contributed by atoms with Gasteiger partial charge < -0.3 is 14.9 Å². The van der Waals surface area contributed by atoms with Gasteiger partial charge in [-0.15, -0.1) is 10.2 Å². The minimum Gasteiger partial charge on any atom is -0.508 e. The molecule has 5 nitrogen and oxygen atoms in total. The standard InChI is InChI=1S/C15H18N4OS/c20-13-5-3-12(4-6-13)18-7-9-19(10-8-18)15-17-16-14(21-15)11-1-2-11/h3-6,11,20H,1-2,7-10H2. The van der Waals surface area contributed by atoms with E-state index in [1.54, 1.807) is 23.5 Å². The van der Waals surface area contributed by atoms with Crippen molar-refractivity contribution in [2.75, 3.05) is 36.0 Å². The summed E-state index contributed by atoms with van der Waals surface area (Å²) < 4.78 is 0. The Morgan fingerprint density at radius 3 is 2.29 bits per heavy atom. The minimum absolute atomic E-state index is 0.318. The summed E-state index contributed by atoms with van der Waals surface area (Å²) in [4.78, 5) is 4.68. The zero-order chi connectivity index (χ0) is 14.2. The zero-order valence-corrected chi connectivity index (χ0v) is 12.6. The van der Waals surface area contributed by atoms with E-state index in [0.717, 1.165) is 31.3 Å². The second-order valence-corrected chi connectivity index (χ2v) is 6.68. The van der Waals surface area contributed by atoms with Crippen molar-refractivity contribution in [1.29, 1.82) is 0 Å². The molecule has 0 amide bonds. The van der Waals surface area contributed by atoms with Crippen LogP contribution in [0.1, 0.15) is 23.8 Å². The first-order valence-corrected chi connectivity index (χ1v) is 8.23. The molecule has 2 aliphatic rings. The average molecular weight is 302 g/mol. The minimum atomic E-state index is 0.318. The molecule has 2 aromatic rings. The molecule has 1 saturated heterocycles. The molecule has 1 N–H and O–H groups in total. The molecule has 0 unspecified atom stereocenters. The fourth-order valence-electron chi connectivity index (χ4n) is 2.67. The SMILES string of the molecule is Oc1ccc(N2CCN(c3nnc(C4CC4)s3)CC2)cc1. The van der Waals surface area contributed by atoms with E-state index < -0.39 is 0 Å². The Morgan fingerprint density at radius 2 is 1.62 bits per heavy atom. The van der Waals surface area contributed by atoms with Crippen molar-refractivity contribution in [1.82, 2.24) is 10.2 Å². The number of piperazine rings is 1. The number of aromatic nitrogens is 2. The Balaban J connectivity index is 1.40. The number of nitrogens with zero attached hydrogens (tertiary/aromatic N) is 4. The Kier molecular flexibility index (Phi) is 3.18. The van der Waals surface area contributed by atoms with Gasteiger partial charge in [-0.25, -0.2) is 0 Å². The Morgan fingerprint density at radius 1 is 0.952 bits per heavy atom. The molecule has 1 saturated carbocycles. The third kappa shape index (κ3) is 2.68. The number of rotatable bonds is 3. The maximum Gasteiger partial charge on any atom is 0.208 e. The van der Waals surface area contributed by atoms with Crippen molar-refractivity contribution in [2.24, 2.45) is 0 Å². The molecule has 0 radical (unpaired) electrons. The fraction of sp³-hybridized carbons (Fsp3) is 0.467. The van der Waals surface area contributed by atoms with Crippen molar-refractivity contribution >= 4 is 22.2 Å². The molecule has 1 aromatic carbocycles. The van der Waals surface area contributed by atoms with Crippen LogP contribution in [-0.2, 0) is 0 Å². The summed E-state index contributed by atoms with van der Waals surface area (Å²) in [5.74, 6) is 1.01. The average Bonchev–Trinajstić information content (AvgIpc) is 3.26. The molecule has 2 fully saturated rings. The highest BCUT2D eigenvalue weighted by atomic mass is 32.1. The molecule has 0 spiro atoms. The number of phenolic OH excluding ortho intramolecular Hbond substituents is 1. The zero-order valence-electron chi connectivity index (χ0n) is 11.8. The fourth-order valence-corrected chi connectivity index (χ4v) is 3.73. The number of aromatic hydroxyl groups is 1. The van der Waals surface area contributed by atoms with Gasteiger partial charge in [-0.3, -0.25) is 0 Å². The Bertz CT molecular complexity index is 615. The van der Waals surface area contributed by atoms with Crippen LogP contribution in [0.4, 0.5) is 10.8 Å². The van der Waals surface area contributed by atoms with E-state index in [1.807, 2.05) is 12.1 Å². The van der Waals surface area contributed by atoms with Gasteiger partial charge in [0.25, 0.3) is 0 Å². The molecular weight excluding hydrogens is 284 g/mol. The first-order valence-electron chi connectivity index (χ1n) is 7.42. The number of benzene rings is 1. The van der Waals surface area contributed by atoms with Gasteiger partial charge in [-0.05, 0) is 37.1 Å². The first-order chi connectivity index (χ1) is 10.3. The molecule has 1 aliphatic heterocycles. The van der Waals surface area contributed by atoms with Gasteiger partial charge in [0, 0.05) is 37.8 Å². The number of hydrogen-bond acceptors (Lipinski definition) is 6. The maximum absolute atomic E-state index is 9.36. The van der Waals surface area contributed by atoms with E-state index in [2.05, 4.69) is 20.0 Å². The van der Waals surface area contributed by atoms with Crippen molar-refractivity contribution in [3.8, 4) is 5.75 Å². The van der Waals surface area contributed by atoms with Crippen LogP contribution in [0.25, 0.3) is 0 Å². The Hall–Kier alpha value is -1.82. The van der Waals surface area contributed by atoms with Crippen LogP contribution in [0.5, 0.6) is 5.75 Å². The number of phenols is 1. The van der Waals surface area contributed by atoms with Gasteiger partial charge in [0.15, 0.2) is 0 Å². The third-order valence-electron chi connectivity index (χ3n) is 4.12. The lowest BCUT2D eigenvalue weighted by Gasteiger charge is -2.35.